The van der Waals surface area contributed by atoms with Crippen LogP contribution in [0.5, 0.6) is 0 Å². The van der Waals surface area contributed by atoms with E-state index in [-0.39, 0.29) is 0 Å². The minimum atomic E-state index is 0.615. The lowest BCUT2D eigenvalue weighted by Crippen LogP contribution is -2.02. The molecule has 1 aliphatic carbocycles. The Bertz CT molecular complexity index is 6750. The van der Waals surface area contributed by atoms with Gasteiger partial charge in [-0.3, -0.25) is 0 Å². The van der Waals surface area contributed by atoms with Crippen LogP contribution in [0.25, 0.3) is 219 Å². The molecule has 390 valence electrons. The molecule has 0 spiro atoms. The van der Waals surface area contributed by atoms with Gasteiger partial charge in [0, 0.05) is 75.8 Å². The third-order valence-corrected chi connectivity index (χ3v) is 20.8. The molecule has 11 heteroatoms. The number of benzene rings is 10. The molecular formula is C73H43N11. The maximum absolute atomic E-state index is 6.05. The second kappa shape index (κ2) is 13.8. The van der Waals surface area contributed by atoms with Crippen molar-refractivity contribution in [2.75, 3.05) is 0 Å². The number of hydrogen-bond donors (Lipinski definition) is 5. The third-order valence-electron chi connectivity index (χ3n) is 20.8. The molecule has 0 atom stereocenters. The van der Waals surface area contributed by atoms with Crippen LogP contribution in [0.1, 0.15) is 51.4 Å². The minimum absolute atomic E-state index is 0.615. The fourth-order valence-corrected chi connectivity index (χ4v) is 16.6. The lowest BCUT2D eigenvalue weighted by Gasteiger charge is -2.15. The zero-order chi connectivity index (χ0) is 54.9. The van der Waals surface area contributed by atoms with Crippen LogP contribution in [0.2, 0.25) is 0 Å². The van der Waals surface area contributed by atoms with Crippen LogP contribution < -0.4 is 0 Å². The number of allylic oxidation sites excluding steroid dienone is 2. The molecule has 24 bridgehead atoms. The Hall–Kier alpha value is -10.8. The van der Waals surface area contributed by atoms with Crippen LogP contribution in [-0.4, -0.2) is 54.8 Å². The van der Waals surface area contributed by atoms with Crippen LogP contribution in [-0.2, 0) is 6.42 Å². The van der Waals surface area contributed by atoms with Gasteiger partial charge in [0.1, 0.15) is 33.1 Å². The van der Waals surface area contributed by atoms with Gasteiger partial charge < -0.3 is 24.9 Å². The Labute approximate surface area is 473 Å². The average molecular weight is 1070 g/mol. The summed E-state index contributed by atoms with van der Waals surface area (Å²) in [6.07, 6.45) is 0.735. The van der Waals surface area contributed by atoms with Crippen molar-refractivity contribution in [3.8, 4) is 11.3 Å². The van der Waals surface area contributed by atoms with E-state index in [1.165, 1.54) is 43.8 Å². The number of aryl methyl sites for hydroxylation is 5. The van der Waals surface area contributed by atoms with Crippen molar-refractivity contribution in [1.29, 1.82) is 0 Å². The van der Waals surface area contributed by atoms with E-state index < -0.39 is 0 Å². The van der Waals surface area contributed by atoms with Gasteiger partial charge in [-0.1, -0.05) is 78.9 Å². The standard InChI is InChI=1S/C73H43N11/c1-26-35-13-7-32-8-14-36-27(2)52-43-21-22-44-54-29(4)39-17-11-34-12-18-40-31(6)56(78-61(40)51(34)60(39)76-54)46-24-23-45-55-30(5)38-16-10-33-9-15-37-28(3)53(75-58(37)50(33)59(38)77-55)42-20-19-41(47(26)25-48(35)49(32)57(36)74-52)62-63(42)80-69-68(79-62)70-72(83-65(44)64(43)81-70)73-71(69)82-66(45)67(46)84-73/h7-24,74-78H,25H2,1-6H3. The molecule has 0 saturated heterocycles. The van der Waals surface area contributed by atoms with Crippen molar-refractivity contribution in [2.45, 2.75) is 48.0 Å². The monoisotopic (exact) mass is 1070 g/mol. The highest BCUT2D eigenvalue weighted by Gasteiger charge is 2.31. The number of hydrogen-bond acceptors (Lipinski definition) is 6. The Morgan fingerprint density at radius 2 is 0.571 bits per heavy atom. The van der Waals surface area contributed by atoms with Gasteiger partial charge in [-0.15, -0.1) is 0 Å². The molecule has 0 radical (unpaired) electrons. The molecule has 2 aliphatic rings. The van der Waals surface area contributed by atoms with Crippen LogP contribution in [0.4, 0.5) is 0 Å². The van der Waals surface area contributed by atoms with E-state index >= 15 is 0 Å². The number of fused-ring (bicyclic) bond motifs is 12. The fraction of sp³-hybridized carbons (Fsp3) is 0.0959. The van der Waals surface area contributed by atoms with Crippen molar-refractivity contribution < 1.29 is 0 Å². The predicted octanol–water partition coefficient (Wildman–Crippen LogP) is 18.3. The van der Waals surface area contributed by atoms with Gasteiger partial charge in [-0.25, -0.2) is 29.9 Å². The average Bonchev–Trinajstić information content (AvgIpc) is 1.59. The molecule has 11 nitrogen and oxygen atoms in total. The summed E-state index contributed by atoms with van der Waals surface area (Å²) in [6.45, 7) is 13.5. The lowest BCUT2D eigenvalue weighted by atomic mass is 9.95. The van der Waals surface area contributed by atoms with Gasteiger partial charge in [0.25, 0.3) is 0 Å². The van der Waals surface area contributed by atoms with Crippen LogP contribution in [0.15, 0.2) is 109 Å². The molecule has 22 rings (SSSR count). The summed E-state index contributed by atoms with van der Waals surface area (Å²) in [6, 6.07) is 41.0. The molecule has 0 saturated carbocycles. The first kappa shape index (κ1) is 43.0. The van der Waals surface area contributed by atoms with Gasteiger partial charge >= 0.3 is 0 Å². The number of aromatic amines is 5. The molecule has 11 heterocycles. The summed E-state index contributed by atoms with van der Waals surface area (Å²) in [5.74, 6) is 0. The van der Waals surface area contributed by atoms with Crippen molar-refractivity contribution in [2.24, 2.45) is 0 Å². The second-order valence-electron chi connectivity index (χ2n) is 24.6. The van der Waals surface area contributed by atoms with E-state index in [1.54, 1.807) is 0 Å². The lowest BCUT2D eigenvalue weighted by molar-refractivity contribution is 1.33. The summed E-state index contributed by atoms with van der Waals surface area (Å²) in [7, 11) is 0. The second-order valence-corrected chi connectivity index (χ2v) is 24.6. The van der Waals surface area contributed by atoms with Crippen molar-refractivity contribution in [1.82, 2.24) is 54.8 Å². The molecule has 10 aromatic heterocycles. The molecule has 10 aromatic carbocycles. The quantitative estimate of drug-likeness (QED) is 0.0752. The van der Waals surface area contributed by atoms with Crippen molar-refractivity contribution >= 4 is 208 Å². The maximum Gasteiger partial charge on any atom is 0.120 e. The molecular weight excluding hydrogens is 1030 g/mol. The number of H-pyrrole nitrogens is 5. The highest BCUT2D eigenvalue weighted by molar-refractivity contribution is 6.30. The van der Waals surface area contributed by atoms with Gasteiger partial charge in [0.15, 0.2) is 0 Å². The molecule has 0 unspecified atom stereocenters. The zero-order valence-electron chi connectivity index (χ0n) is 46.3. The Balaban J connectivity index is 1.08. The SMILES string of the molecule is CC1=C2Cc3c1ccc1ccc4c(C)c([nH]c4c31)-c1ccc3c4[nH]c5c(ccc6ccc7c(C)c([nH]c7c65)c5ccc6c7[nH]c8c(ccc9ccc%10c(C)c([nH]c%10c98)c8ccc2c2nc9c%10nc1c3nc%10c1nc5c6nc1c9nc28)c7C)c4C. The zero-order valence-corrected chi connectivity index (χ0v) is 46.3. The molecule has 84 heavy (non-hydrogen) atoms. The summed E-state index contributed by atoms with van der Waals surface area (Å²) in [5, 5.41) is 16.7. The van der Waals surface area contributed by atoms with Gasteiger partial charge in [-0.05, 0) is 145 Å². The van der Waals surface area contributed by atoms with E-state index in [0.717, 1.165) is 193 Å². The number of nitrogens with zero attached hydrogens (tertiary/aromatic N) is 6. The van der Waals surface area contributed by atoms with Crippen molar-refractivity contribution in [3.05, 3.63) is 154 Å². The summed E-state index contributed by atoms with van der Waals surface area (Å²) < 4.78 is 0. The molecule has 5 N–H and O–H groups in total. The molecule has 20 aromatic rings. The number of nitrogens with one attached hydrogen (secondary N) is 5. The van der Waals surface area contributed by atoms with Crippen LogP contribution in [0, 0.1) is 34.6 Å². The summed E-state index contributed by atoms with van der Waals surface area (Å²) in [4.78, 5) is 56.5. The van der Waals surface area contributed by atoms with E-state index in [9.17, 15) is 0 Å². The highest BCUT2D eigenvalue weighted by atomic mass is 14.9. The number of aromatic nitrogens is 11. The van der Waals surface area contributed by atoms with Gasteiger partial charge in [0.05, 0.1) is 88.4 Å². The first-order valence-corrected chi connectivity index (χ1v) is 29.1. The first-order chi connectivity index (χ1) is 41.1. The smallest absolute Gasteiger partial charge is 0.120 e. The third kappa shape index (κ3) is 4.67. The largest absolute Gasteiger partial charge is 0.354 e. The van der Waals surface area contributed by atoms with E-state index in [4.69, 9.17) is 29.9 Å². The highest BCUT2D eigenvalue weighted by Crippen LogP contribution is 2.50. The minimum Gasteiger partial charge on any atom is -0.354 e. The van der Waals surface area contributed by atoms with E-state index in [2.05, 4.69) is 176 Å². The van der Waals surface area contributed by atoms with Crippen LogP contribution >= 0.6 is 0 Å². The summed E-state index contributed by atoms with van der Waals surface area (Å²) in [5.41, 5.74) is 31.6. The molecule has 1 aliphatic heterocycles. The first-order valence-electron chi connectivity index (χ1n) is 29.1. The van der Waals surface area contributed by atoms with Gasteiger partial charge in [0.2, 0.25) is 0 Å². The molecule has 0 fully saturated rings. The maximum atomic E-state index is 6.05. The Morgan fingerprint density at radius 1 is 0.262 bits per heavy atom. The Kier molecular flexibility index (Phi) is 7.04. The van der Waals surface area contributed by atoms with E-state index in [0.29, 0.717) is 33.1 Å². The number of rotatable bonds is 0. The van der Waals surface area contributed by atoms with Crippen molar-refractivity contribution in [3.63, 3.8) is 0 Å². The molecule has 0 amide bonds. The predicted molar refractivity (Wildman–Crippen MR) is 348 cm³/mol. The van der Waals surface area contributed by atoms with E-state index in [1.807, 2.05) is 0 Å². The van der Waals surface area contributed by atoms with Gasteiger partial charge in [-0.2, -0.15) is 0 Å². The summed E-state index contributed by atoms with van der Waals surface area (Å²) >= 11 is 0. The normalized spacial score (nSPS) is 14.0. The Morgan fingerprint density at radius 3 is 1.01 bits per heavy atom. The van der Waals surface area contributed by atoms with Crippen LogP contribution in [0.3, 0.4) is 0 Å². The topological polar surface area (TPSA) is 156 Å². The fourth-order valence-electron chi connectivity index (χ4n) is 16.6.